The summed E-state index contributed by atoms with van der Waals surface area (Å²) in [6.45, 7) is 0.640. The summed E-state index contributed by atoms with van der Waals surface area (Å²) in [4.78, 5) is 15.1. The number of nitrogens with zero attached hydrogens (tertiary/aromatic N) is 1. The quantitative estimate of drug-likeness (QED) is 0.655. The second-order valence-electron chi connectivity index (χ2n) is 3.90. The molecule has 1 heterocycles. The molecule has 94 valence electrons. The van der Waals surface area contributed by atoms with E-state index < -0.39 is 0 Å². The van der Waals surface area contributed by atoms with E-state index in [0.717, 1.165) is 13.6 Å². The molecule has 1 aromatic heterocycles. The molecule has 0 aliphatic carbocycles. The first-order valence-corrected chi connectivity index (χ1v) is 8.05. The van der Waals surface area contributed by atoms with Crippen molar-refractivity contribution in [2.45, 2.75) is 6.54 Å². The third-order valence-corrected chi connectivity index (χ3v) is 4.85. The number of halogens is 2. The standard InChI is InChI=1S/C13H11BrINOS/c1-16(7-12-6-10(14)8-18-12)13(17)9-2-4-11(15)5-3-9/h2-6,8H,7H2,1H3. The Morgan fingerprint density at radius 3 is 2.61 bits per heavy atom. The number of carbonyl (C=O) groups excluding carboxylic acids is 1. The molecule has 0 bridgehead atoms. The smallest absolute Gasteiger partial charge is 0.253 e. The summed E-state index contributed by atoms with van der Waals surface area (Å²) in [5.41, 5.74) is 0.730. The molecule has 0 atom stereocenters. The van der Waals surface area contributed by atoms with Crippen LogP contribution >= 0.6 is 49.9 Å². The van der Waals surface area contributed by atoms with Gasteiger partial charge in [-0.05, 0) is 68.9 Å². The van der Waals surface area contributed by atoms with Crippen LogP contribution in [0.5, 0.6) is 0 Å². The number of rotatable bonds is 3. The van der Waals surface area contributed by atoms with Crippen LogP contribution in [0.3, 0.4) is 0 Å². The molecule has 5 heteroatoms. The van der Waals surface area contributed by atoms with Gasteiger partial charge in [0.2, 0.25) is 0 Å². The highest BCUT2D eigenvalue weighted by Gasteiger charge is 2.12. The van der Waals surface area contributed by atoms with E-state index in [1.807, 2.05) is 42.8 Å². The Balaban J connectivity index is 2.07. The predicted octanol–water partition coefficient (Wildman–Crippen LogP) is 4.39. The van der Waals surface area contributed by atoms with Crippen molar-refractivity contribution in [3.63, 3.8) is 0 Å². The summed E-state index contributed by atoms with van der Waals surface area (Å²) in [6.07, 6.45) is 0. The second kappa shape index (κ2) is 6.16. The third kappa shape index (κ3) is 3.55. The Morgan fingerprint density at radius 1 is 1.39 bits per heavy atom. The van der Waals surface area contributed by atoms with Crippen LogP contribution in [0, 0.1) is 3.57 Å². The molecule has 0 aliphatic heterocycles. The highest BCUT2D eigenvalue weighted by atomic mass is 127. The first-order valence-electron chi connectivity index (χ1n) is 5.30. The zero-order valence-corrected chi connectivity index (χ0v) is 14.3. The van der Waals surface area contributed by atoms with Crippen LogP contribution in [-0.4, -0.2) is 17.9 Å². The summed E-state index contributed by atoms with van der Waals surface area (Å²) in [7, 11) is 1.83. The van der Waals surface area contributed by atoms with Gasteiger partial charge in [0.05, 0.1) is 6.54 Å². The highest BCUT2D eigenvalue weighted by molar-refractivity contribution is 14.1. The lowest BCUT2D eigenvalue weighted by Crippen LogP contribution is -2.25. The van der Waals surface area contributed by atoms with Crippen molar-refractivity contribution in [1.82, 2.24) is 4.90 Å². The summed E-state index contributed by atoms with van der Waals surface area (Å²) in [6, 6.07) is 9.67. The maximum absolute atomic E-state index is 12.2. The van der Waals surface area contributed by atoms with Gasteiger partial charge in [0, 0.05) is 30.9 Å². The third-order valence-electron chi connectivity index (χ3n) is 2.45. The van der Waals surface area contributed by atoms with Crippen LogP contribution < -0.4 is 0 Å². The predicted molar refractivity (Wildman–Crippen MR) is 87.0 cm³/mol. The summed E-state index contributed by atoms with van der Waals surface area (Å²) in [5.74, 6) is 0.0518. The zero-order valence-electron chi connectivity index (χ0n) is 9.69. The number of hydrogen-bond donors (Lipinski definition) is 0. The van der Waals surface area contributed by atoms with E-state index in [4.69, 9.17) is 0 Å². The monoisotopic (exact) mass is 435 g/mol. The van der Waals surface area contributed by atoms with E-state index in [-0.39, 0.29) is 5.91 Å². The molecule has 2 aromatic rings. The minimum atomic E-state index is 0.0518. The molecular formula is C13H11BrINOS. The highest BCUT2D eigenvalue weighted by Crippen LogP contribution is 2.21. The van der Waals surface area contributed by atoms with Gasteiger partial charge in [-0.15, -0.1) is 11.3 Å². The zero-order chi connectivity index (χ0) is 13.1. The molecular weight excluding hydrogens is 425 g/mol. The number of hydrogen-bond acceptors (Lipinski definition) is 2. The minimum absolute atomic E-state index is 0.0518. The van der Waals surface area contributed by atoms with Crippen LogP contribution in [0.15, 0.2) is 40.2 Å². The Bertz CT molecular complexity index is 552. The molecule has 0 unspecified atom stereocenters. The van der Waals surface area contributed by atoms with E-state index in [2.05, 4.69) is 38.5 Å². The van der Waals surface area contributed by atoms with E-state index in [0.29, 0.717) is 6.54 Å². The topological polar surface area (TPSA) is 20.3 Å². The Hall–Kier alpha value is -0.400. The van der Waals surface area contributed by atoms with Crippen LogP contribution in [0.1, 0.15) is 15.2 Å². The molecule has 0 aliphatic rings. The van der Waals surface area contributed by atoms with Crippen molar-refractivity contribution in [1.29, 1.82) is 0 Å². The second-order valence-corrected chi connectivity index (χ2v) is 7.06. The normalized spacial score (nSPS) is 10.4. The van der Waals surface area contributed by atoms with Crippen LogP contribution in [0.4, 0.5) is 0 Å². The number of thiophene rings is 1. The lowest BCUT2D eigenvalue weighted by molar-refractivity contribution is 0.0786. The van der Waals surface area contributed by atoms with Gasteiger partial charge in [0.25, 0.3) is 5.91 Å². The van der Waals surface area contributed by atoms with E-state index in [9.17, 15) is 4.79 Å². The lowest BCUT2D eigenvalue weighted by atomic mass is 10.2. The van der Waals surface area contributed by atoms with Crippen LogP contribution in [-0.2, 0) is 6.54 Å². The number of carbonyl (C=O) groups is 1. The summed E-state index contributed by atoms with van der Waals surface area (Å²) < 4.78 is 2.20. The molecule has 0 fully saturated rings. The first kappa shape index (κ1) is 14.0. The van der Waals surface area contributed by atoms with Crippen molar-refractivity contribution >= 4 is 55.8 Å². The van der Waals surface area contributed by atoms with Gasteiger partial charge >= 0.3 is 0 Å². The first-order chi connectivity index (χ1) is 8.56. The van der Waals surface area contributed by atoms with Gasteiger partial charge in [-0.2, -0.15) is 0 Å². The fraction of sp³-hybridized carbons (Fsp3) is 0.154. The Kier molecular flexibility index (Phi) is 4.80. The van der Waals surface area contributed by atoms with Crippen molar-refractivity contribution < 1.29 is 4.79 Å². The van der Waals surface area contributed by atoms with Crippen molar-refractivity contribution in [2.75, 3.05) is 7.05 Å². The van der Waals surface area contributed by atoms with E-state index in [1.165, 1.54) is 4.88 Å². The molecule has 2 nitrogen and oxygen atoms in total. The number of benzene rings is 1. The lowest BCUT2D eigenvalue weighted by Gasteiger charge is -2.16. The van der Waals surface area contributed by atoms with Crippen LogP contribution in [0.25, 0.3) is 0 Å². The van der Waals surface area contributed by atoms with Gasteiger partial charge in [0.15, 0.2) is 0 Å². The number of amides is 1. The van der Waals surface area contributed by atoms with Gasteiger partial charge in [-0.25, -0.2) is 0 Å². The van der Waals surface area contributed by atoms with Crippen molar-refractivity contribution in [3.05, 3.63) is 54.2 Å². The average molecular weight is 436 g/mol. The molecule has 0 radical (unpaired) electrons. The SMILES string of the molecule is CN(Cc1cc(Br)cs1)C(=O)c1ccc(I)cc1. The molecule has 1 amide bonds. The van der Waals surface area contributed by atoms with Gasteiger partial charge in [-0.3, -0.25) is 4.79 Å². The molecule has 18 heavy (non-hydrogen) atoms. The molecule has 0 saturated carbocycles. The maximum atomic E-state index is 12.2. The minimum Gasteiger partial charge on any atom is -0.337 e. The molecule has 0 saturated heterocycles. The Labute approximate surface area is 132 Å². The van der Waals surface area contributed by atoms with Gasteiger partial charge in [0.1, 0.15) is 0 Å². The molecule has 0 spiro atoms. The summed E-state index contributed by atoms with van der Waals surface area (Å²) >= 11 is 7.30. The molecule has 2 rings (SSSR count). The maximum Gasteiger partial charge on any atom is 0.253 e. The Morgan fingerprint density at radius 2 is 2.06 bits per heavy atom. The largest absolute Gasteiger partial charge is 0.337 e. The van der Waals surface area contributed by atoms with Crippen molar-refractivity contribution in [2.24, 2.45) is 0 Å². The molecule has 1 aromatic carbocycles. The average Bonchev–Trinajstić information content (AvgIpc) is 2.75. The van der Waals surface area contributed by atoms with E-state index >= 15 is 0 Å². The fourth-order valence-corrected chi connectivity index (χ4v) is 3.42. The van der Waals surface area contributed by atoms with E-state index in [1.54, 1.807) is 16.2 Å². The van der Waals surface area contributed by atoms with Gasteiger partial charge in [-0.1, -0.05) is 0 Å². The van der Waals surface area contributed by atoms with Crippen molar-refractivity contribution in [3.8, 4) is 0 Å². The fourth-order valence-electron chi connectivity index (χ4n) is 1.56. The summed E-state index contributed by atoms with van der Waals surface area (Å²) in [5, 5.41) is 2.03. The van der Waals surface area contributed by atoms with Gasteiger partial charge < -0.3 is 4.90 Å². The molecule has 0 N–H and O–H groups in total. The van der Waals surface area contributed by atoms with Crippen LogP contribution in [0.2, 0.25) is 0 Å².